The quantitative estimate of drug-likeness (QED) is 0.0439. The van der Waals surface area contributed by atoms with Crippen molar-refractivity contribution in [3.8, 4) is 0 Å². The molecule has 11 rings (SSSR count). The summed E-state index contributed by atoms with van der Waals surface area (Å²) in [5, 5.41) is 6.22. The van der Waals surface area contributed by atoms with Gasteiger partial charge >= 0.3 is 12.1 Å². The molecule has 3 aromatic rings. The average molecular weight is 1370 g/mol. The Kier molecular flexibility index (Phi) is 25.0. The Morgan fingerprint density at radius 3 is 2.00 bits per heavy atom. The topological polar surface area (TPSA) is 186 Å². The zero-order valence-electron chi connectivity index (χ0n) is 61.9. The minimum absolute atomic E-state index is 0.00517. The van der Waals surface area contributed by atoms with Crippen LogP contribution in [0.3, 0.4) is 0 Å². The van der Waals surface area contributed by atoms with Crippen molar-refractivity contribution in [3.63, 3.8) is 0 Å². The van der Waals surface area contributed by atoms with E-state index < -0.39 is 90.7 Å². The molecule has 548 valence electrons. The Hall–Kier alpha value is -4.79. The molecule has 22 atom stereocenters. The van der Waals surface area contributed by atoms with Crippen molar-refractivity contribution in [2.24, 2.45) is 63.1 Å². The Bertz CT molecular complexity index is 3110. The van der Waals surface area contributed by atoms with Crippen molar-refractivity contribution in [3.05, 3.63) is 119 Å². The number of allylic oxidation sites excluding steroid dienone is 2. The summed E-state index contributed by atoms with van der Waals surface area (Å²) in [5.41, 5.74) is 3.48. The first-order chi connectivity index (χ1) is 47.4. The largest absolute Gasteiger partial charge is 0.444 e. The van der Waals surface area contributed by atoms with Gasteiger partial charge in [-0.15, -0.1) is 0 Å². The van der Waals surface area contributed by atoms with Crippen molar-refractivity contribution < 1.29 is 71.2 Å². The van der Waals surface area contributed by atoms with E-state index in [-0.39, 0.29) is 60.3 Å². The molecular weight excluding hydrogens is 1250 g/mol. The van der Waals surface area contributed by atoms with Gasteiger partial charge in [-0.3, -0.25) is 9.59 Å². The van der Waals surface area contributed by atoms with Crippen LogP contribution < -0.4 is 10.6 Å². The number of methoxy groups -OCH3 is 1. The third-order valence-corrected chi connectivity index (χ3v) is 24.6. The number of rotatable bonds is 26. The number of amides is 2. The van der Waals surface area contributed by atoms with Crippen LogP contribution in [0.4, 0.5) is 4.79 Å². The van der Waals surface area contributed by atoms with Gasteiger partial charge in [0.05, 0.1) is 56.7 Å². The molecule has 0 bridgehead atoms. The van der Waals surface area contributed by atoms with Crippen LogP contribution in [0.15, 0.2) is 103 Å². The highest BCUT2D eigenvalue weighted by molar-refractivity contribution is 5.79. The highest BCUT2D eigenvalue weighted by atomic mass is 16.8. The summed E-state index contributed by atoms with van der Waals surface area (Å²) in [4.78, 5) is 43.2. The molecule has 7 fully saturated rings. The van der Waals surface area contributed by atoms with Gasteiger partial charge in [0, 0.05) is 38.5 Å². The Morgan fingerprint density at radius 1 is 0.657 bits per heavy atom. The predicted octanol–water partition coefficient (Wildman–Crippen LogP) is 15.2. The summed E-state index contributed by atoms with van der Waals surface area (Å²) in [6.45, 7) is 28.0. The van der Waals surface area contributed by atoms with Crippen LogP contribution in [0.2, 0.25) is 0 Å². The Morgan fingerprint density at radius 2 is 1.32 bits per heavy atom. The average Bonchev–Trinajstić information content (AvgIpc) is 0.694. The molecule has 17 nitrogen and oxygen atoms in total. The molecule has 4 saturated carbocycles. The number of fused-ring (bicyclic) bond motifs is 7. The van der Waals surface area contributed by atoms with Gasteiger partial charge in [0.2, 0.25) is 12.2 Å². The molecule has 0 aromatic heterocycles. The first kappa shape index (κ1) is 75.4. The van der Waals surface area contributed by atoms with E-state index in [0.29, 0.717) is 75.9 Å². The van der Waals surface area contributed by atoms with Gasteiger partial charge in [-0.1, -0.05) is 164 Å². The van der Waals surface area contributed by atoms with Crippen molar-refractivity contribution in [1.82, 2.24) is 10.6 Å². The third-order valence-electron chi connectivity index (χ3n) is 24.6. The Balaban J connectivity index is 0.873. The van der Waals surface area contributed by atoms with E-state index in [0.717, 1.165) is 60.6 Å². The van der Waals surface area contributed by atoms with E-state index in [1.165, 1.54) is 37.7 Å². The van der Waals surface area contributed by atoms with Crippen LogP contribution in [-0.4, -0.2) is 131 Å². The summed E-state index contributed by atoms with van der Waals surface area (Å²) in [6, 6.07) is 29.5. The van der Waals surface area contributed by atoms with E-state index in [1.54, 1.807) is 7.11 Å². The maximum absolute atomic E-state index is 16.4. The number of carbonyl (C=O) groups is 3. The van der Waals surface area contributed by atoms with Crippen LogP contribution in [-0.2, 0) is 86.3 Å². The molecule has 0 spiro atoms. The van der Waals surface area contributed by atoms with Gasteiger partial charge in [0.25, 0.3) is 0 Å². The normalized spacial score (nSPS) is 37.3. The second kappa shape index (κ2) is 32.9. The van der Waals surface area contributed by atoms with E-state index in [2.05, 4.69) is 70.4 Å². The van der Waals surface area contributed by atoms with Gasteiger partial charge in [0.15, 0.2) is 12.6 Å². The molecule has 99 heavy (non-hydrogen) atoms. The second-order valence-corrected chi connectivity index (χ2v) is 33.1. The number of hydrogen-bond acceptors (Lipinski definition) is 15. The standard InChI is InChI=1S/C82H120N2O15/c1-14-90-71-70(97-73-54(4)68(92-49-58-31-23-17-24-32-58)65(51-93-73)91-48-57-29-21-16-22-30-57)55(5)94-75(72(71)88-13)96-69-53(3)67(84-66(85)33-25-18-26-44-83-77(87)99-78(6,7)8)64(50-89-47-56-27-19-15-20-28-56)95-74(69)98-76(86)82-42-40-79(9,10)46-63(82)62-37-36-60-61(81(62,12)41-43-82)35-34-59-45-52(2)38-39-80(59,60)11/h15-17,19-24,27-32,37,52-55,59-61,63-65,67-75H,14,18,25-26,33-36,38-51H2,1-13H3,(H,83,87)(H,84,85)/t52-,53?,54?,55+,59-,60?,61+,63?,64-,65?,67?,68?,69?,70?,71?,72?,73-,74-,75-,80?,81-,82?/m0/s1. The van der Waals surface area contributed by atoms with Gasteiger partial charge in [-0.25, -0.2) is 4.79 Å². The lowest BCUT2D eigenvalue weighted by atomic mass is 9.39. The predicted molar refractivity (Wildman–Crippen MR) is 378 cm³/mol. The lowest BCUT2D eigenvalue weighted by Crippen LogP contribution is -2.66. The van der Waals surface area contributed by atoms with Crippen molar-refractivity contribution >= 4 is 18.0 Å². The number of alkyl carbamates (subject to hydrolysis) is 1. The molecule has 3 heterocycles. The van der Waals surface area contributed by atoms with Crippen LogP contribution >= 0.6 is 0 Å². The highest BCUT2D eigenvalue weighted by Gasteiger charge is 2.65. The lowest BCUT2D eigenvalue weighted by molar-refractivity contribution is -0.370. The maximum atomic E-state index is 16.4. The highest BCUT2D eigenvalue weighted by Crippen LogP contribution is 2.71. The van der Waals surface area contributed by atoms with Crippen LogP contribution in [0.25, 0.3) is 0 Å². The van der Waals surface area contributed by atoms with E-state index >= 15 is 4.79 Å². The molecule has 3 aromatic carbocycles. The monoisotopic (exact) mass is 1370 g/mol. The molecule has 17 heteroatoms. The molecule has 2 N–H and O–H groups in total. The number of esters is 1. The van der Waals surface area contributed by atoms with Gasteiger partial charge in [-0.05, 0) is 174 Å². The summed E-state index contributed by atoms with van der Waals surface area (Å²) in [6.07, 6.45) is 7.40. The number of nitrogens with one attached hydrogen (secondary N) is 2. The number of ether oxygens (including phenoxy) is 12. The number of unbranched alkanes of at least 4 members (excludes halogenated alkanes) is 2. The molecule has 8 aliphatic rings. The molecule has 3 saturated heterocycles. The molecule has 0 radical (unpaired) electrons. The fourth-order valence-corrected chi connectivity index (χ4v) is 19.0. The van der Waals surface area contributed by atoms with Gasteiger partial charge in [-0.2, -0.15) is 0 Å². The fourth-order valence-electron chi connectivity index (χ4n) is 19.0. The van der Waals surface area contributed by atoms with E-state index in [4.69, 9.17) is 56.8 Å². The maximum Gasteiger partial charge on any atom is 0.407 e. The Labute approximate surface area is 591 Å². The first-order valence-corrected chi connectivity index (χ1v) is 37.9. The SMILES string of the molecule is CCOC1C(OC)[C@H](OC2C(C)C(NC(=O)CCCCCNC(=O)OC(C)(C)C)[C@H](COCc3ccccc3)O[C@H]2OC(=O)C23CCC(C)(C)CC2C2=CCC4[C@@H](CC[C@H]5C[C@@H](C)CCC45C)[C@]2(C)CC3)O[C@H](C)C1O[C@@H]1OCC(OCc2ccccc2)C(OCc2ccccc2)C1C. The molecule has 2 amide bonds. The number of hydrogen-bond donors (Lipinski definition) is 2. The zero-order chi connectivity index (χ0) is 70.3. The summed E-state index contributed by atoms with van der Waals surface area (Å²) in [7, 11) is 1.62. The van der Waals surface area contributed by atoms with Crippen LogP contribution in [0.5, 0.6) is 0 Å². The van der Waals surface area contributed by atoms with Gasteiger partial charge in [0.1, 0.15) is 42.2 Å². The molecule has 13 unspecified atom stereocenters. The van der Waals surface area contributed by atoms with Crippen LogP contribution in [0, 0.1) is 63.1 Å². The minimum atomic E-state index is -1.26. The molecule has 5 aliphatic carbocycles. The van der Waals surface area contributed by atoms with E-state index in [9.17, 15) is 9.59 Å². The third kappa shape index (κ3) is 17.5. The van der Waals surface area contributed by atoms with Gasteiger partial charge < -0.3 is 67.5 Å². The fraction of sp³-hybridized carbons (Fsp3) is 0.720. The zero-order valence-corrected chi connectivity index (χ0v) is 61.9. The first-order valence-electron chi connectivity index (χ1n) is 37.9. The summed E-state index contributed by atoms with van der Waals surface area (Å²) >= 11 is 0. The summed E-state index contributed by atoms with van der Waals surface area (Å²) in [5.74, 6) is 1.47. The minimum Gasteiger partial charge on any atom is -0.444 e. The lowest BCUT2D eigenvalue weighted by Gasteiger charge is -2.65. The van der Waals surface area contributed by atoms with Crippen molar-refractivity contribution in [2.45, 2.75) is 279 Å². The smallest absolute Gasteiger partial charge is 0.407 e. The molecular formula is C82H120N2O15. The second-order valence-electron chi connectivity index (χ2n) is 33.1. The number of benzene rings is 3. The van der Waals surface area contributed by atoms with E-state index in [1.807, 2.05) is 120 Å². The van der Waals surface area contributed by atoms with Crippen molar-refractivity contribution in [1.29, 1.82) is 0 Å². The van der Waals surface area contributed by atoms with Crippen LogP contribution in [0.1, 0.15) is 196 Å². The van der Waals surface area contributed by atoms with Crippen molar-refractivity contribution in [2.75, 3.05) is 33.5 Å². The number of carbonyl (C=O) groups excluding carboxylic acids is 3. The molecule has 3 aliphatic heterocycles. The summed E-state index contributed by atoms with van der Waals surface area (Å²) < 4.78 is 81.3.